The number of unbranched alkanes of at least 4 members (excludes halogenated alkanes) is 3. The third kappa shape index (κ3) is 5.40. The van der Waals surface area contributed by atoms with Crippen molar-refractivity contribution >= 4 is 0 Å². The molecule has 2 N–H and O–H groups in total. The van der Waals surface area contributed by atoms with Gasteiger partial charge >= 0.3 is 0 Å². The lowest BCUT2D eigenvalue weighted by Crippen LogP contribution is -2.44. The van der Waals surface area contributed by atoms with Gasteiger partial charge in [-0.05, 0) is 33.1 Å². The summed E-state index contributed by atoms with van der Waals surface area (Å²) in [6.07, 6.45) is 7.77. The van der Waals surface area contributed by atoms with Gasteiger partial charge in [-0.2, -0.15) is 0 Å². The highest BCUT2D eigenvalue weighted by Crippen LogP contribution is 2.17. The van der Waals surface area contributed by atoms with E-state index in [0.717, 1.165) is 12.8 Å². The molecule has 0 aliphatic rings. The monoisotopic (exact) mass is 199 g/mol. The van der Waals surface area contributed by atoms with Crippen LogP contribution in [-0.2, 0) is 4.74 Å². The van der Waals surface area contributed by atoms with Crippen molar-refractivity contribution in [3.8, 4) is 0 Å². The number of allylic oxidation sites excluding steroid dienone is 1. The van der Waals surface area contributed by atoms with Crippen molar-refractivity contribution in [3.05, 3.63) is 12.7 Å². The van der Waals surface area contributed by atoms with Gasteiger partial charge in [0.15, 0.2) is 0 Å². The average Bonchev–Trinajstić information content (AvgIpc) is 2.17. The summed E-state index contributed by atoms with van der Waals surface area (Å²) in [6, 6.07) is 0.135. The molecule has 0 aromatic rings. The van der Waals surface area contributed by atoms with Crippen molar-refractivity contribution < 1.29 is 4.74 Å². The van der Waals surface area contributed by atoms with Crippen LogP contribution in [0.25, 0.3) is 0 Å². The molecule has 0 fully saturated rings. The van der Waals surface area contributed by atoms with Crippen LogP contribution in [0.3, 0.4) is 0 Å². The molecule has 2 nitrogen and oxygen atoms in total. The number of rotatable bonds is 8. The maximum atomic E-state index is 6.03. The van der Waals surface area contributed by atoms with Crippen LogP contribution in [0.15, 0.2) is 12.7 Å². The van der Waals surface area contributed by atoms with Crippen molar-refractivity contribution in [1.29, 1.82) is 0 Å². The zero-order valence-corrected chi connectivity index (χ0v) is 9.88. The topological polar surface area (TPSA) is 35.2 Å². The van der Waals surface area contributed by atoms with Gasteiger partial charge in [0.25, 0.3) is 0 Å². The van der Waals surface area contributed by atoms with E-state index in [1.165, 1.54) is 19.3 Å². The summed E-state index contributed by atoms with van der Waals surface area (Å²) in [5.74, 6) is 0. The van der Waals surface area contributed by atoms with E-state index < -0.39 is 0 Å². The first-order chi connectivity index (χ1) is 6.54. The van der Waals surface area contributed by atoms with Crippen LogP contribution >= 0.6 is 0 Å². The lowest BCUT2D eigenvalue weighted by atomic mass is 9.94. The van der Waals surface area contributed by atoms with E-state index in [4.69, 9.17) is 10.5 Å². The van der Waals surface area contributed by atoms with Crippen molar-refractivity contribution in [2.24, 2.45) is 5.73 Å². The maximum Gasteiger partial charge on any atom is 0.0772 e. The Hall–Kier alpha value is -0.340. The highest BCUT2D eigenvalue weighted by Gasteiger charge is 2.24. The predicted molar refractivity (Wildman–Crippen MR) is 62.3 cm³/mol. The predicted octanol–water partition coefficient (Wildman–Crippen LogP) is 2.88. The van der Waals surface area contributed by atoms with Gasteiger partial charge in [-0.15, -0.1) is 6.58 Å². The molecule has 1 unspecified atom stereocenters. The lowest BCUT2D eigenvalue weighted by Gasteiger charge is -2.30. The fourth-order valence-corrected chi connectivity index (χ4v) is 1.33. The smallest absolute Gasteiger partial charge is 0.0772 e. The molecule has 0 heterocycles. The minimum absolute atomic E-state index is 0.135. The van der Waals surface area contributed by atoms with Crippen molar-refractivity contribution in [2.75, 3.05) is 7.11 Å². The lowest BCUT2D eigenvalue weighted by molar-refractivity contribution is -0.00201. The molecule has 2 heteroatoms. The molecule has 0 spiro atoms. The van der Waals surface area contributed by atoms with E-state index >= 15 is 0 Å². The Labute approximate surface area is 88.5 Å². The van der Waals surface area contributed by atoms with E-state index in [2.05, 4.69) is 6.58 Å². The highest BCUT2D eigenvalue weighted by atomic mass is 16.5. The van der Waals surface area contributed by atoms with Gasteiger partial charge in [-0.1, -0.05) is 18.9 Å². The number of methoxy groups -OCH3 is 1. The van der Waals surface area contributed by atoms with Gasteiger partial charge in [-0.25, -0.2) is 0 Å². The van der Waals surface area contributed by atoms with Crippen LogP contribution < -0.4 is 5.73 Å². The average molecular weight is 199 g/mol. The molecule has 14 heavy (non-hydrogen) atoms. The van der Waals surface area contributed by atoms with Crippen LogP contribution in [0.4, 0.5) is 0 Å². The summed E-state index contributed by atoms with van der Waals surface area (Å²) >= 11 is 0. The van der Waals surface area contributed by atoms with Gasteiger partial charge in [-0.3, -0.25) is 0 Å². The van der Waals surface area contributed by atoms with Gasteiger partial charge in [0.05, 0.1) is 5.60 Å². The van der Waals surface area contributed by atoms with E-state index in [9.17, 15) is 0 Å². The number of nitrogens with two attached hydrogens (primary N) is 1. The SMILES string of the molecule is C=CCCCCCC(N)C(C)(C)OC. The Kier molecular flexibility index (Phi) is 6.85. The molecule has 0 rings (SSSR count). The van der Waals surface area contributed by atoms with Gasteiger partial charge in [0.1, 0.15) is 0 Å². The number of ether oxygens (including phenoxy) is 1. The molecule has 0 aliphatic carbocycles. The molecule has 0 saturated heterocycles. The summed E-state index contributed by atoms with van der Waals surface area (Å²) in [5, 5.41) is 0. The summed E-state index contributed by atoms with van der Waals surface area (Å²) in [4.78, 5) is 0. The van der Waals surface area contributed by atoms with Crippen molar-refractivity contribution in [1.82, 2.24) is 0 Å². The summed E-state index contributed by atoms with van der Waals surface area (Å²) in [7, 11) is 1.72. The molecule has 1 atom stereocenters. The normalized spacial score (nSPS) is 14.0. The summed E-state index contributed by atoms with van der Waals surface area (Å²) in [5.41, 5.74) is 5.84. The van der Waals surface area contributed by atoms with Crippen LogP contribution in [0.1, 0.15) is 46.0 Å². The Balaban J connectivity index is 3.53. The van der Waals surface area contributed by atoms with Crippen molar-refractivity contribution in [2.45, 2.75) is 57.6 Å². The highest BCUT2D eigenvalue weighted by molar-refractivity contribution is 4.82. The largest absolute Gasteiger partial charge is 0.377 e. The first kappa shape index (κ1) is 13.7. The van der Waals surface area contributed by atoms with E-state index in [1.54, 1.807) is 7.11 Å². The molecule has 0 saturated carbocycles. The third-order valence-electron chi connectivity index (χ3n) is 2.84. The Morgan fingerprint density at radius 3 is 2.50 bits per heavy atom. The number of hydrogen-bond acceptors (Lipinski definition) is 2. The van der Waals surface area contributed by atoms with Crippen LogP contribution in [0.5, 0.6) is 0 Å². The molecule has 0 aromatic heterocycles. The first-order valence-electron chi connectivity index (χ1n) is 5.46. The standard InChI is InChI=1S/C12H25NO/c1-5-6-7-8-9-10-11(13)12(2,3)14-4/h5,11H,1,6-10,13H2,2-4H3. The second kappa shape index (κ2) is 7.02. The molecule has 0 aromatic carbocycles. The molecule has 0 radical (unpaired) electrons. The molecular weight excluding hydrogens is 174 g/mol. The summed E-state index contributed by atoms with van der Waals surface area (Å²) in [6.45, 7) is 7.79. The molecule has 0 bridgehead atoms. The quantitative estimate of drug-likeness (QED) is 0.482. The maximum absolute atomic E-state index is 6.03. The van der Waals surface area contributed by atoms with Crippen LogP contribution in [0.2, 0.25) is 0 Å². The third-order valence-corrected chi connectivity index (χ3v) is 2.84. The van der Waals surface area contributed by atoms with Crippen LogP contribution in [-0.4, -0.2) is 18.8 Å². The second-order valence-corrected chi connectivity index (χ2v) is 4.34. The molecule has 0 aliphatic heterocycles. The van der Waals surface area contributed by atoms with Gasteiger partial charge in [0, 0.05) is 13.2 Å². The minimum atomic E-state index is -0.196. The fraction of sp³-hybridized carbons (Fsp3) is 0.833. The van der Waals surface area contributed by atoms with Crippen molar-refractivity contribution in [3.63, 3.8) is 0 Å². The fourth-order valence-electron chi connectivity index (χ4n) is 1.33. The van der Waals surface area contributed by atoms with E-state index in [0.29, 0.717) is 0 Å². The molecular formula is C12H25NO. The zero-order valence-electron chi connectivity index (χ0n) is 9.88. The molecule has 0 amide bonds. The van der Waals surface area contributed by atoms with Crippen LogP contribution in [0, 0.1) is 0 Å². The zero-order chi connectivity index (χ0) is 11.0. The Bertz CT molecular complexity index is 154. The van der Waals surface area contributed by atoms with Gasteiger partial charge in [0.2, 0.25) is 0 Å². The first-order valence-corrected chi connectivity index (χ1v) is 5.46. The Morgan fingerprint density at radius 2 is 2.00 bits per heavy atom. The van der Waals surface area contributed by atoms with Gasteiger partial charge < -0.3 is 10.5 Å². The minimum Gasteiger partial charge on any atom is -0.377 e. The van der Waals surface area contributed by atoms with E-state index in [-0.39, 0.29) is 11.6 Å². The molecule has 84 valence electrons. The Morgan fingerprint density at radius 1 is 1.36 bits per heavy atom. The number of hydrogen-bond donors (Lipinski definition) is 1. The van der Waals surface area contributed by atoms with E-state index in [1.807, 2.05) is 19.9 Å². The summed E-state index contributed by atoms with van der Waals surface area (Å²) < 4.78 is 5.34. The second-order valence-electron chi connectivity index (χ2n) is 4.34.